The van der Waals surface area contributed by atoms with Crippen LogP contribution in [0.2, 0.25) is 0 Å². The minimum Gasteiger partial charge on any atom is -0.489 e. The Morgan fingerprint density at radius 3 is 2.59 bits per heavy atom. The molecule has 8 heteroatoms. The fraction of sp³-hybridized carbons (Fsp3) is 0.292. The first-order valence-corrected chi connectivity index (χ1v) is 10.5. The first-order valence-electron chi connectivity index (χ1n) is 10.5. The van der Waals surface area contributed by atoms with Crippen molar-refractivity contribution in [2.75, 3.05) is 11.4 Å². The van der Waals surface area contributed by atoms with Gasteiger partial charge < -0.3 is 14.4 Å². The van der Waals surface area contributed by atoms with E-state index in [-0.39, 0.29) is 23.7 Å². The van der Waals surface area contributed by atoms with E-state index in [0.717, 1.165) is 37.3 Å². The van der Waals surface area contributed by atoms with Gasteiger partial charge in [0, 0.05) is 37.3 Å². The van der Waals surface area contributed by atoms with Crippen LogP contribution in [0.4, 0.5) is 19.0 Å². The predicted molar refractivity (Wildman–Crippen MR) is 113 cm³/mol. The van der Waals surface area contributed by atoms with Gasteiger partial charge in [-0.3, -0.25) is 9.36 Å². The molecule has 166 valence electrons. The van der Waals surface area contributed by atoms with Gasteiger partial charge in [-0.25, -0.2) is 13.2 Å². The number of fused-ring (bicyclic) bond motifs is 3. The average Bonchev–Trinajstić information content (AvgIpc) is 3.16. The van der Waals surface area contributed by atoms with Crippen molar-refractivity contribution in [2.45, 2.75) is 38.5 Å². The molecule has 0 spiro atoms. The summed E-state index contributed by atoms with van der Waals surface area (Å²) in [6.45, 7) is 1.70. The van der Waals surface area contributed by atoms with E-state index in [9.17, 15) is 18.0 Å². The summed E-state index contributed by atoms with van der Waals surface area (Å²) in [7, 11) is 0. The Morgan fingerprint density at radius 1 is 0.906 bits per heavy atom. The van der Waals surface area contributed by atoms with Crippen molar-refractivity contribution in [1.29, 1.82) is 0 Å². The summed E-state index contributed by atoms with van der Waals surface area (Å²) in [4.78, 5) is 14.8. The standard InChI is InChI=1S/C24H21F3N2O3/c25-19-6-5-17(10-20(19)26)32-22-7-4-15(9-21(22)27)14-31-18-11-23-28-8-2-1-3-16(28)13-29(23)24(30)12-18/h4-7,9-12,16H,1-3,8,13-14H2. The zero-order chi connectivity index (χ0) is 22.2. The van der Waals surface area contributed by atoms with Gasteiger partial charge in [-0.15, -0.1) is 0 Å². The average molecular weight is 442 g/mol. The number of hydrogen-bond donors (Lipinski definition) is 0. The lowest BCUT2D eigenvalue weighted by atomic mass is 10.0. The summed E-state index contributed by atoms with van der Waals surface area (Å²) < 4.78 is 53.7. The molecule has 2 aromatic carbocycles. The lowest BCUT2D eigenvalue weighted by Crippen LogP contribution is -2.36. The first kappa shape index (κ1) is 20.5. The summed E-state index contributed by atoms with van der Waals surface area (Å²) in [6, 6.07) is 10.9. The van der Waals surface area contributed by atoms with E-state index >= 15 is 0 Å². The van der Waals surface area contributed by atoms with Gasteiger partial charge in [0.1, 0.15) is 23.9 Å². The number of ether oxygens (including phenoxy) is 2. The Kier molecular flexibility index (Phi) is 5.28. The molecular weight excluding hydrogens is 421 g/mol. The van der Waals surface area contributed by atoms with Gasteiger partial charge in [-0.05, 0) is 49.1 Å². The van der Waals surface area contributed by atoms with E-state index in [1.54, 1.807) is 10.6 Å². The summed E-state index contributed by atoms with van der Waals surface area (Å²) in [5, 5.41) is 0. The van der Waals surface area contributed by atoms with Crippen LogP contribution < -0.4 is 19.9 Å². The van der Waals surface area contributed by atoms with Gasteiger partial charge in [-0.2, -0.15) is 0 Å². The Bertz CT molecular complexity index is 1230. The van der Waals surface area contributed by atoms with Crippen molar-refractivity contribution in [2.24, 2.45) is 0 Å². The van der Waals surface area contributed by atoms with Crippen LogP contribution in [0.25, 0.3) is 0 Å². The fourth-order valence-corrected chi connectivity index (χ4v) is 4.32. The molecule has 1 fully saturated rings. The van der Waals surface area contributed by atoms with Crippen LogP contribution in [-0.2, 0) is 13.2 Å². The monoisotopic (exact) mass is 442 g/mol. The SMILES string of the molecule is O=c1cc(OCc2ccc(Oc3ccc(F)c(F)c3)c(F)c2)cc2n1CC1CCCCN21. The minimum atomic E-state index is -1.07. The third-order valence-corrected chi connectivity index (χ3v) is 5.92. The minimum absolute atomic E-state index is 0.0126. The zero-order valence-corrected chi connectivity index (χ0v) is 17.2. The van der Waals surface area contributed by atoms with Gasteiger partial charge in [0.15, 0.2) is 23.2 Å². The number of rotatable bonds is 5. The Labute approximate surface area is 182 Å². The van der Waals surface area contributed by atoms with Gasteiger partial charge in [0.25, 0.3) is 5.56 Å². The summed E-state index contributed by atoms with van der Waals surface area (Å²) in [5.74, 6) is -1.57. The number of benzene rings is 2. The lowest BCUT2D eigenvalue weighted by Gasteiger charge is -2.30. The van der Waals surface area contributed by atoms with Crippen molar-refractivity contribution < 1.29 is 22.6 Å². The van der Waals surface area contributed by atoms with Gasteiger partial charge in [0.2, 0.25) is 0 Å². The summed E-state index contributed by atoms with van der Waals surface area (Å²) in [5.41, 5.74) is 0.435. The molecule has 0 amide bonds. The van der Waals surface area contributed by atoms with E-state index in [1.165, 1.54) is 30.7 Å². The lowest BCUT2D eigenvalue weighted by molar-refractivity contribution is 0.304. The van der Waals surface area contributed by atoms with Crippen molar-refractivity contribution >= 4 is 5.82 Å². The highest BCUT2D eigenvalue weighted by Gasteiger charge is 2.32. The van der Waals surface area contributed by atoms with Crippen molar-refractivity contribution in [3.63, 3.8) is 0 Å². The Morgan fingerprint density at radius 2 is 1.78 bits per heavy atom. The van der Waals surface area contributed by atoms with E-state index < -0.39 is 17.5 Å². The molecule has 5 rings (SSSR count). The van der Waals surface area contributed by atoms with Crippen LogP contribution in [0.5, 0.6) is 17.2 Å². The molecule has 1 aromatic heterocycles. The molecule has 2 aliphatic rings. The highest BCUT2D eigenvalue weighted by Crippen LogP contribution is 2.33. The number of piperidine rings is 1. The molecule has 1 saturated heterocycles. The quantitative estimate of drug-likeness (QED) is 0.557. The number of hydrogen-bond acceptors (Lipinski definition) is 4. The molecule has 0 bridgehead atoms. The van der Waals surface area contributed by atoms with Crippen LogP contribution in [-0.4, -0.2) is 17.2 Å². The third kappa shape index (κ3) is 3.92. The van der Waals surface area contributed by atoms with Crippen molar-refractivity contribution in [1.82, 2.24) is 4.57 Å². The van der Waals surface area contributed by atoms with Crippen LogP contribution in [0.3, 0.4) is 0 Å². The third-order valence-electron chi connectivity index (χ3n) is 5.92. The topological polar surface area (TPSA) is 43.7 Å². The number of aromatic nitrogens is 1. The molecular formula is C24H21F3N2O3. The Hall–Kier alpha value is -3.42. The van der Waals surface area contributed by atoms with E-state index in [1.807, 2.05) is 6.07 Å². The molecule has 0 saturated carbocycles. The van der Waals surface area contributed by atoms with Crippen molar-refractivity contribution in [3.8, 4) is 17.2 Å². The molecule has 0 N–H and O–H groups in total. The number of nitrogens with zero attached hydrogens (tertiary/aromatic N) is 2. The number of anilines is 1. The van der Waals surface area contributed by atoms with E-state index in [4.69, 9.17) is 9.47 Å². The summed E-state index contributed by atoms with van der Waals surface area (Å²) in [6.07, 6.45) is 3.36. The Balaban J connectivity index is 1.28. The maximum Gasteiger partial charge on any atom is 0.255 e. The van der Waals surface area contributed by atoms with Crippen LogP contribution >= 0.6 is 0 Å². The van der Waals surface area contributed by atoms with Gasteiger partial charge in [0.05, 0.1) is 0 Å². The summed E-state index contributed by atoms with van der Waals surface area (Å²) >= 11 is 0. The first-order chi connectivity index (χ1) is 15.5. The van der Waals surface area contributed by atoms with Crippen molar-refractivity contribution in [3.05, 3.63) is 81.9 Å². The highest BCUT2D eigenvalue weighted by atomic mass is 19.2. The largest absolute Gasteiger partial charge is 0.489 e. The molecule has 5 nitrogen and oxygen atoms in total. The molecule has 0 radical (unpaired) electrons. The molecule has 1 unspecified atom stereocenters. The molecule has 3 heterocycles. The van der Waals surface area contributed by atoms with Crippen LogP contribution in [0.1, 0.15) is 24.8 Å². The van der Waals surface area contributed by atoms with E-state index in [2.05, 4.69) is 4.90 Å². The molecule has 0 aliphatic carbocycles. The molecule has 2 aliphatic heterocycles. The molecule has 32 heavy (non-hydrogen) atoms. The highest BCUT2D eigenvalue weighted by molar-refractivity contribution is 5.49. The number of halogens is 3. The van der Waals surface area contributed by atoms with Gasteiger partial charge in [-0.1, -0.05) is 6.07 Å². The maximum atomic E-state index is 14.5. The number of pyridine rings is 1. The molecule has 3 aromatic rings. The maximum absolute atomic E-state index is 14.5. The fourth-order valence-electron chi connectivity index (χ4n) is 4.32. The smallest absolute Gasteiger partial charge is 0.255 e. The second-order valence-electron chi connectivity index (χ2n) is 8.07. The van der Waals surface area contributed by atoms with E-state index in [0.29, 0.717) is 23.9 Å². The zero-order valence-electron chi connectivity index (χ0n) is 17.2. The second-order valence-corrected chi connectivity index (χ2v) is 8.07. The normalized spacial score (nSPS) is 17.1. The van der Waals surface area contributed by atoms with Crippen LogP contribution in [0.15, 0.2) is 53.3 Å². The van der Waals surface area contributed by atoms with Crippen LogP contribution in [0, 0.1) is 17.5 Å². The second kappa shape index (κ2) is 8.26. The molecule has 1 atom stereocenters. The van der Waals surface area contributed by atoms with Gasteiger partial charge >= 0.3 is 0 Å². The predicted octanol–water partition coefficient (Wildman–Crippen LogP) is 5.01.